The van der Waals surface area contributed by atoms with Crippen LogP contribution in [0.25, 0.3) is 0 Å². The summed E-state index contributed by atoms with van der Waals surface area (Å²) >= 11 is 0. The van der Waals surface area contributed by atoms with Crippen LogP contribution >= 0.6 is 0 Å². The third-order valence-corrected chi connectivity index (χ3v) is 2.93. The molecule has 13 heavy (non-hydrogen) atoms. The Hall–Kier alpha value is -0.570. The lowest BCUT2D eigenvalue weighted by Crippen LogP contribution is -2.38. The second-order valence-corrected chi connectivity index (χ2v) is 4.16. The summed E-state index contributed by atoms with van der Waals surface area (Å²) in [6.45, 7) is 2.01. The molecule has 1 saturated carbocycles. The molecule has 0 amide bonds. The molecule has 2 N–H and O–H groups in total. The van der Waals surface area contributed by atoms with Gasteiger partial charge in [0.2, 0.25) is 0 Å². The molecule has 2 aliphatic rings. The number of nitrogens with one attached hydrogen (secondary N) is 1. The van der Waals surface area contributed by atoms with Crippen LogP contribution < -0.4 is 5.32 Å². The Morgan fingerprint density at radius 2 is 2.23 bits per heavy atom. The lowest BCUT2D eigenvalue weighted by Gasteiger charge is -2.32. The standard InChI is InChI=1S/C10H18N2O/c13-9-5-8(6-9)7-12-10-3-1-2-4-11-10/h8-9,13H,1-7H2,(H,11,12). The highest BCUT2D eigenvalue weighted by Crippen LogP contribution is 2.26. The van der Waals surface area contributed by atoms with E-state index in [1.165, 1.54) is 18.7 Å². The Kier molecular flexibility index (Phi) is 2.83. The SMILES string of the molecule is OC1CC(CNC2=NCCCC2)C1. The van der Waals surface area contributed by atoms with Crippen molar-refractivity contribution in [2.75, 3.05) is 13.1 Å². The smallest absolute Gasteiger partial charge is 0.0963 e. The molecule has 0 saturated heterocycles. The molecule has 0 spiro atoms. The van der Waals surface area contributed by atoms with E-state index in [1.807, 2.05) is 0 Å². The fourth-order valence-corrected chi connectivity index (χ4v) is 1.97. The molecule has 1 aliphatic carbocycles. The fourth-order valence-electron chi connectivity index (χ4n) is 1.97. The first-order valence-corrected chi connectivity index (χ1v) is 5.30. The van der Waals surface area contributed by atoms with E-state index in [4.69, 9.17) is 5.11 Å². The average Bonchev–Trinajstić information content (AvgIpc) is 2.12. The average molecular weight is 182 g/mol. The van der Waals surface area contributed by atoms with Gasteiger partial charge < -0.3 is 10.4 Å². The topological polar surface area (TPSA) is 44.6 Å². The van der Waals surface area contributed by atoms with E-state index in [-0.39, 0.29) is 6.10 Å². The maximum absolute atomic E-state index is 9.10. The Morgan fingerprint density at radius 1 is 1.38 bits per heavy atom. The van der Waals surface area contributed by atoms with E-state index in [9.17, 15) is 0 Å². The molecule has 74 valence electrons. The molecule has 0 bridgehead atoms. The fraction of sp³-hybridized carbons (Fsp3) is 0.900. The first kappa shape index (κ1) is 9.00. The zero-order valence-electron chi connectivity index (χ0n) is 8.00. The first-order chi connectivity index (χ1) is 6.34. The molecular formula is C10H18N2O. The van der Waals surface area contributed by atoms with E-state index in [0.29, 0.717) is 5.92 Å². The molecule has 3 nitrogen and oxygen atoms in total. The molecule has 1 heterocycles. The van der Waals surface area contributed by atoms with Gasteiger partial charge in [0, 0.05) is 19.5 Å². The Bertz CT molecular complexity index is 197. The lowest BCUT2D eigenvalue weighted by molar-refractivity contribution is 0.0449. The highest BCUT2D eigenvalue weighted by Gasteiger charge is 2.26. The van der Waals surface area contributed by atoms with Crippen LogP contribution in [0.2, 0.25) is 0 Å². The highest BCUT2D eigenvalue weighted by molar-refractivity contribution is 5.82. The van der Waals surface area contributed by atoms with Crippen LogP contribution in [0.5, 0.6) is 0 Å². The monoisotopic (exact) mass is 182 g/mol. The van der Waals surface area contributed by atoms with Crippen LogP contribution in [0.4, 0.5) is 0 Å². The van der Waals surface area contributed by atoms with Crippen LogP contribution in [-0.4, -0.2) is 30.1 Å². The molecule has 0 aromatic heterocycles. The van der Waals surface area contributed by atoms with Crippen molar-refractivity contribution in [1.29, 1.82) is 0 Å². The minimum absolute atomic E-state index is 0.0277. The normalized spacial score (nSPS) is 33.5. The second kappa shape index (κ2) is 4.09. The summed E-state index contributed by atoms with van der Waals surface area (Å²) in [5.74, 6) is 1.87. The van der Waals surface area contributed by atoms with Gasteiger partial charge in [-0.3, -0.25) is 4.99 Å². The molecule has 0 atom stereocenters. The van der Waals surface area contributed by atoms with E-state index in [1.54, 1.807) is 0 Å². The summed E-state index contributed by atoms with van der Waals surface area (Å²) in [4.78, 5) is 4.42. The van der Waals surface area contributed by atoms with Gasteiger partial charge in [0.15, 0.2) is 0 Å². The Labute approximate surface area is 79.3 Å². The number of amidine groups is 1. The van der Waals surface area contributed by atoms with Crippen molar-refractivity contribution >= 4 is 5.84 Å². The van der Waals surface area contributed by atoms with Crippen molar-refractivity contribution in [3.8, 4) is 0 Å². The third-order valence-electron chi connectivity index (χ3n) is 2.93. The van der Waals surface area contributed by atoms with Crippen molar-refractivity contribution in [3.05, 3.63) is 0 Å². The second-order valence-electron chi connectivity index (χ2n) is 4.16. The van der Waals surface area contributed by atoms with Gasteiger partial charge in [-0.25, -0.2) is 0 Å². The molecule has 1 fully saturated rings. The summed E-state index contributed by atoms with van der Waals surface area (Å²) in [5, 5.41) is 12.5. The van der Waals surface area contributed by atoms with E-state index in [2.05, 4.69) is 10.3 Å². The largest absolute Gasteiger partial charge is 0.393 e. The minimum Gasteiger partial charge on any atom is -0.393 e. The van der Waals surface area contributed by atoms with Crippen LogP contribution in [0.3, 0.4) is 0 Å². The van der Waals surface area contributed by atoms with Gasteiger partial charge in [-0.15, -0.1) is 0 Å². The summed E-state index contributed by atoms with van der Waals surface area (Å²) in [7, 11) is 0. The number of hydrogen-bond acceptors (Lipinski definition) is 3. The summed E-state index contributed by atoms with van der Waals surface area (Å²) < 4.78 is 0. The van der Waals surface area contributed by atoms with Gasteiger partial charge in [-0.05, 0) is 31.6 Å². The van der Waals surface area contributed by atoms with Crippen molar-refractivity contribution in [2.45, 2.75) is 38.2 Å². The summed E-state index contributed by atoms with van der Waals surface area (Å²) in [6, 6.07) is 0. The molecule has 0 aromatic rings. The number of rotatable bonds is 2. The maximum Gasteiger partial charge on any atom is 0.0963 e. The van der Waals surface area contributed by atoms with Crippen LogP contribution in [0.1, 0.15) is 32.1 Å². The Balaban J connectivity index is 1.64. The van der Waals surface area contributed by atoms with Gasteiger partial charge >= 0.3 is 0 Å². The number of aliphatic hydroxyl groups is 1. The van der Waals surface area contributed by atoms with E-state index >= 15 is 0 Å². The lowest BCUT2D eigenvalue weighted by atomic mass is 9.82. The van der Waals surface area contributed by atoms with Gasteiger partial charge in [0.05, 0.1) is 11.9 Å². The summed E-state index contributed by atoms with van der Waals surface area (Å²) in [6.07, 6.45) is 5.56. The van der Waals surface area contributed by atoms with E-state index in [0.717, 1.165) is 32.4 Å². The number of hydrogen-bond donors (Lipinski definition) is 2. The van der Waals surface area contributed by atoms with Crippen LogP contribution in [0, 0.1) is 5.92 Å². The molecule has 0 aromatic carbocycles. The highest BCUT2D eigenvalue weighted by atomic mass is 16.3. The number of aliphatic hydroxyl groups excluding tert-OH is 1. The van der Waals surface area contributed by atoms with Crippen LogP contribution in [-0.2, 0) is 0 Å². The Morgan fingerprint density at radius 3 is 2.85 bits per heavy atom. The first-order valence-electron chi connectivity index (χ1n) is 5.30. The molecule has 2 rings (SSSR count). The number of nitrogens with zero attached hydrogens (tertiary/aromatic N) is 1. The molecule has 0 radical (unpaired) electrons. The van der Waals surface area contributed by atoms with Gasteiger partial charge in [0.1, 0.15) is 0 Å². The summed E-state index contributed by atoms with van der Waals surface area (Å²) in [5.41, 5.74) is 0. The van der Waals surface area contributed by atoms with Gasteiger partial charge in [-0.2, -0.15) is 0 Å². The minimum atomic E-state index is -0.0277. The van der Waals surface area contributed by atoms with Crippen molar-refractivity contribution in [2.24, 2.45) is 10.9 Å². The molecular weight excluding hydrogens is 164 g/mol. The van der Waals surface area contributed by atoms with Crippen molar-refractivity contribution in [3.63, 3.8) is 0 Å². The zero-order chi connectivity index (χ0) is 9.10. The van der Waals surface area contributed by atoms with E-state index < -0.39 is 0 Å². The van der Waals surface area contributed by atoms with Crippen molar-refractivity contribution < 1.29 is 5.11 Å². The molecule has 0 unspecified atom stereocenters. The zero-order valence-corrected chi connectivity index (χ0v) is 8.00. The third kappa shape index (κ3) is 2.44. The van der Waals surface area contributed by atoms with Gasteiger partial charge in [-0.1, -0.05) is 0 Å². The van der Waals surface area contributed by atoms with Crippen LogP contribution in [0.15, 0.2) is 4.99 Å². The molecule has 1 aliphatic heterocycles. The predicted octanol–water partition coefficient (Wildman–Crippen LogP) is 0.929. The number of aliphatic imine (C=N–C) groups is 1. The maximum atomic E-state index is 9.10. The molecule has 3 heteroatoms. The quantitative estimate of drug-likeness (QED) is 0.667. The predicted molar refractivity (Wildman–Crippen MR) is 52.9 cm³/mol. The van der Waals surface area contributed by atoms with Crippen molar-refractivity contribution in [1.82, 2.24) is 5.32 Å². The van der Waals surface area contributed by atoms with Gasteiger partial charge in [0.25, 0.3) is 0 Å².